The number of rotatable bonds is 6. The number of hydrogen-bond donors (Lipinski definition) is 0. The molecule has 0 N–H and O–H groups in total. The van der Waals surface area contributed by atoms with Crippen molar-refractivity contribution in [3.05, 3.63) is 47.4 Å². The molecule has 2 atom stereocenters. The van der Waals surface area contributed by atoms with Crippen LogP contribution in [0.15, 0.2) is 28.8 Å². The average molecular weight is 338 g/mol. The van der Waals surface area contributed by atoms with Gasteiger partial charge in [-0.15, -0.1) is 0 Å². The van der Waals surface area contributed by atoms with E-state index < -0.39 is 10.8 Å². The fourth-order valence-corrected chi connectivity index (χ4v) is 3.74. The molecule has 0 saturated carbocycles. The van der Waals surface area contributed by atoms with Gasteiger partial charge in [-0.1, -0.05) is 17.3 Å². The Morgan fingerprint density at radius 3 is 2.83 bits per heavy atom. The molecule has 2 unspecified atom stereocenters. The van der Waals surface area contributed by atoms with Gasteiger partial charge in [0.15, 0.2) is 5.82 Å². The van der Waals surface area contributed by atoms with E-state index in [-0.39, 0.29) is 17.7 Å². The number of aromatic nitrogens is 2. The molecule has 1 aliphatic heterocycles. The summed E-state index contributed by atoms with van der Waals surface area (Å²) in [5.74, 6) is 1.36. The molecule has 2 aromatic rings. The Kier molecular flexibility index (Phi) is 5.51. The molecule has 0 spiro atoms. The van der Waals surface area contributed by atoms with Gasteiger partial charge in [-0.25, -0.2) is 4.39 Å². The first-order valence-corrected chi connectivity index (χ1v) is 9.20. The lowest BCUT2D eigenvalue weighted by Gasteiger charge is -2.21. The van der Waals surface area contributed by atoms with E-state index in [1.165, 1.54) is 12.1 Å². The highest BCUT2D eigenvalue weighted by Gasteiger charge is 2.18. The summed E-state index contributed by atoms with van der Waals surface area (Å²) in [6.45, 7) is 0.754. The quantitative estimate of drug-likeness (QED) is 0.810. The van der Waals surface area contributed by atoms with Gasteiger partial charge in [0.1, 0.15) is 11.6 Å². The molecule has 23 heavy (non-hydrogen) atoms. The van der Waals surface area contributed by atoms with Gasteiger partial charge in [-0.05, 0) is 37.0 Å². The molecule has 3 rings (SSSR count). The Morgan fingerprint density at radius 1 is 1.26 bits per heavy atom. The maximum Gasteiger partial charge on any atom is 0.239 e. The van der Waals surface area contributed by atoms with Crippen LogP contribution in [0.4, 0.5) is 4.39 Å². The zero-order valence-electron chi connectivity index (χ0n) is 12.7. The van der Waals surface area contributed by atoms with E-state index in [9.17, 15) is 8.60 Å². The molecular weight excluding hydrogens is 319 g/mol. The van der Waals surface area contributed by atoms with Crippen molar-refractivity contribution in [2.75, 3.05) is 12.4 Å². The van der Waals surface area contributed by atoms with Crippen LogP contribution in [0.5, 0.6) is 0 Å². The van der Waals surface area contributed by atoms with Gasteiger partial charge in [0.25, 0.3) is 0 Å². The summed E-state index contributed by atoms with van der Waals surface area (Å²) in [6, 6.07) is 6.17. The van der Waals surface area contributed by atoms with E-state index in [4.69, 9.17) is 9.26 Å². The fourth-order valence-electron chi connectivity index (χ4n) is 2.55. The standard InChI is InChI=1S/C16H19FN2O3S/c17-13-6-4-12(5-7-13)9-15-18-16(22-19-15)11-23(20)10-14-3-1-2-8-21-14/h4-7,14H,1-3,8-11H2. The Labute approximate surface area is 136 Å². The maximum atomic E-state index is 12.9. The van der Waals surface area contributed by atoms with Crippen LogP contribution in [0.25, 0.3) is 0 Å². The molecule has 1 aliphatic rings. The minimum absolute atomic E-state index is 0.0752. The van der Waals surface area contributed by atoms with Crippen LogP contribution in [0, 0.1) is 5.82 Å². The predicted molar refractivity (Wildman–Crippen MR) is 83.8 cm³/mol. The highest BCUT2D eigenvalue weighted by atomic mass is 32.2. The average Bonchev–Trinajstić information content (AvgIpc) is 2.97. The molecule has 1 saturated heterocycles. The summed E-state index contributed by atoms with van der Waals surface area (Å²) >= 11 is 0. The molecule has 0 radical (unpaired) electrons. The number of halogens is 1. The SMILES string of the molecule is O=S(Cc1nc(Cc2ccc(F)cc2)no1)CC1CCCCO1. The van der Waals surface area contributed by atoms with Crippen molar-refractivity contribution in [3.63, 3.8) is 0 Å². The van der Waals surface area contributed by atoms with Crippen molar-refractivity contribution >= 4 is 10.8 Å². The highest BCUT2D eigenvalue weighted by Crippen LogP contribution is 2.15. The van der Waals surface area contributed by atoms with Crippen LogP contribution in [-0.2, 0) is 27.7 Å². The molecule has 0 bridgehead atoms. The molecule has 2 heterocycles. The van der Waals surface area contributed by atoms with E-state index in [0.29, 0.717) is 23.9 Å². The molecule has 1 aromatic heterocycles. The maximum absolute atomic E-state index is 12.9. The fraction of sp³-hybridized carbons (Fsp3) is 0.500. The second kappa shape index (κ2) is 7.79. The van der Waals surface area contributed by atoms with E-state index in [0.717, 1.165) is 31.4 Å². The Balaban J connectivity index is 1.52. The van der Waals surface area contributed by atoms with E-state index in [1.54, 1.807) is 12.1 Å². The summed E-state index contributed by atoms with van der Waals surface area (Å²) in [5.41, 5.74) is 0.899. The van der Waals surface area contributed by atoms with Gasteiger partial charge in [-0.2, -0.15) is 4.98 Å². The van der Waals surface area contributed by atoms with Crippen LogP contribution in [0.1, 0.15) is 36.5 Å². The first-order chi connectivity index (χ1) is 11.2. The van der Waals surface area contributed by atoms with Crippen molar-refractivity contribution in [1.29, 1.82) is 0 Å². The van der Waals surface area contributed by atoms with Gasteiger partial charge in [0, 0.05) is 23.8 Å². The molecular formula is C16H19FN2O3S. The van der Waals surface area contributed by atoms with Crippen LogP contribution < -0.4 is 0 Å². The molecule has 0 amide bonds. The number of nitrogens with zero attached hydrogens (tertiary/aromatic N) is 2. The number of hydrogen-bond acceptors (Lipinski definition) is 5. The molecule has 0 aliphatic carbocycles. The van der Waals surface area contributed by atoms with Gasteiger partial charge >= 0.3 is 0 Å². The predicted octanol–water partition coefficient (Wildman–Crippen LogP) is 2.62. The molecule has 124 valence electrons. The van der Waals surface area contributed by atoms with Crippen molar-refractivity contribution in [3.8, 4) is 0 Å². The van der Waals surface area contributed by atoms with Crippen LogP contribution in [0.2, 0.25) is 0 Å². The van der Waals surface area contributed by atoms with Crippen molar-refractivity contribution < 1.29 is 17.9 Å². The van der Waals surface area contributed by atoms with Crippen molar-refractivity contribution in [2.24, 2.45) is 0 Å². The second-order valence-electron chi connectivity index (χ2n) is 5.65. The third-order valence-corrected chi connectivity index (χ3v) is 5.03. The summed E-state index contributed by atoms with van der Waals surface area (Å²) in [4.78, 5) is 4.26. The summed E-state index contributed by atoms with van der Waals surface area (Å²) in [5, 5.41) is 3.89. The van der Waals surface area contributed by atoms with Crippen LogP contribution in [-0.4, -0.2) is 32.8 Å². The Morgan fingerprint density at radius 2 is 2.09 bits per heavy atom. The lowest BCUT2D eigenvalue weighted by atomic mass is 10.1. The first kappa shape index (κ1) is 16.3. The minimum atomic E-state index is -1.08. The zero-order chi connectivity index (χ0) is 16.1. The number of benzene rings is 1. The molecule has 7 heteroatoms. The minimum Gasteiger partial charge on any atom is -0.377 e. The lowest BCUT2D eigenvalue weighted by Crippen LogP contribution is -2.25. The van der Waals surface area contributed by atoms with Crippen LogP contribution >= 0.6 is 0 Å². The molecule has 5 nitrogen and oxygen atoms in total. The monoisotopic (exact) mass is 338 g/mol. The Hall–Kier alpha value is -1.60. The molecule has 1 fully saturated rings. The summed E-state index contributed by atoms with van der Waals surface area (Å²) < 4.78 is 35.8. The Bertz CT molecular complexity index is 654. The molecule has 1 aromatic carbocycles. The van der Waals surface area contributed by atoms with Crippen molar-refractivity contribution in [1.82, 2.24) is 10.1 Å². The van der Waals surface area contributed by atoms with Crippen molar-refractivity contribution in [2.45, 2.75) is 37.5 Å². The highest BCUT2D eigenvalue weighted by molar-refractivity contribution is 7.84. The largest absolute Gasteiger partial charge is 0.377 e. The van der Waals surface area contributed by atoms with Gasteiger partial charge in [0.2, 0.25) is 5.89 Å². The van der Waals surface area contributed by atoms with E-state index in [1.807, 2.05) is 0 Å². The van der Waals surface area contributed by atoms with E-state index >= 15 is 0 Å². The normalized spacial score (nSPS) is 19.6. The summed E-state index contributed by atoms with van der Waals surface area (Å²) in [6.07, 6.45) is 3.71. The van der Waals surface area contributed by atoms with Gasteiger partial charge < -0.3 is 9.26 Å². The summed E-state index contributed by atoms with van der Waals surface area (Å²) in [7, 11) is -1.08. The third-order valence-electron chi connectivity index (χ3n) is 3.72. The third kappa shape index (κ3) is 4.94. The smallest absolute Gasteiger partial charge is 0.239 e. The number of ether oxygens (including phenoxy) is 1. The lowest BCUT2D eigenvalue weighted by molar-refractivity contribution is 0.0310. The van der Waals surface area contributed by atoms with Gasteiger partial charge in [0.05, 0.1) is 11.9 Å². The van der Waals surface area contributed by atoms with Gasteiger partial charge in [-0.3, -0.25) is 4.21 Å². The second-order valence-corrected chi connectivity index (χ2v) is 7.15. The first-order valence-electron chi connectivity index (χ1n) is 7.71. The van der Waals surface area contributed by atoms with E-state index in [2.05, 4.69) is 10.1 Å². The topological polar surface area (TPSA) is 65.2 Å². The zero-order valence-corrected chi connectivity index (χ0v) is 13.6. The van der Waals surface area contributed by atoms with Crippen LogP contribution in [0.3, 0.4) is 0 Å².